The second-order valence-electron chi connectivity index (χ2n) is 6.36. The number of benzene rings is 1. The molecule has 0 aliphatic carbocycles. The highest BCUT2D eigenvalue weighted by atomic mass is 32.2. The molecule has 1 aliphatic heterocycles. The maximum atomic E-state index is 12.6. The Morgan fingerprint density at radius 1 is 1.15 bits per heavy atom. The smallest absolute Gasteiger partial charge is 0.244 e. The summed E-state index contributed by atoms with van der Waals surface area (Å²) in [6.45, 7) is 3.23. The minimum Gasteiger partial charge on any atom is -0.508 e. The lowest BCUT2D eigenvalue weighted by molar-refractivity contribution is 0.0730. The van der Waals surface area contributed by atoms with Crippen molar-refractivity contribution in [2.75, 3.05) is 31.6 Å². The predicted molar refractivity (Wildman–Crippen MR) is 100.0 cm³/mol. The van der Waals surface area contributed by atoms with Crippen LogP contribution < -0.4 is 5.32 Å². The van der Waals surface area contributed by atoms with Crippen molar-refractivity contribution in [1.29, 1.82) is 0 Å². The van der Waals surface area contributed by atoms with Crippen molar-refractivity contribution in [2.24, 2.45) is 0 Å². The number of aliphatic hydroxyl groups excluding tert-OH is 1. The molecule has 0 bridgehead atoms. The molecular weight excluding hydrogens is 370 g/mol. The van der Waals surface area contributed by atoms with Crippen LogP contribution in [0.2, 0.25) is 0 Å². The highest BCUT2D eigenvalue weighted by molar-refractivity contribution is 7.89. The number of aliphatic hydroxyl groups is 1. The Bertz CT molecular complexity index is 850. The quantitative estimate of drug-likeness (QED) is 0.679. The van der Waals surface area contributed by atoms with Crippen molar-refractivity contribution in [2.45, 2.75) is 24.0 Å². The summed E-state index contributed by atoms with van der Waals surface area (Å²) in [7, 11) is -3.58. The summed E-state index contributed by atoms with van der Waals surface area (Å²) in [5.74, 6) is 0.589. The van der Waals surface area contributed by atoms with Gasteiger partial charge in [-0.15, -0.1) is 0 Å². The SMILES string of the molecule is C[C@@H](Nc1ccc(S(=O)(=O)N2CCOCC2)cn1)[C@@H](O)c1ccc(O)cc1. The molecule has 0 unspecified atom stereocenters. The fraction of sp³-hybridized carbons (Fsp3) is 0.389. The Kier molecular flexibility index (Phi) is 5.95. The monoisotopic (exact) mass is 393 g/mol. The summed E-state index contributed by atoms with van der Waals surface area (Å²) in [6.07, 6.45) is 0.497. The van der Waals surface area contributed by atoms with E-state index >= 15 is 0 Å². The molecule has 0 spiro atoms. The van der Waals surface area contributed by atoms with E-state index < -0.39 is 16.1 Å². The third-order valence-corrected chi connectivity index (χ3v) is 6.31. The average Bonchev–Trinajstić information content (AvgIpc) is 2.69. The van der Waals surface area contributed by atoms with Gasteiger partial charge in [-0.3, -0.25) is 0 Å². The molecule has 3 rings (SSSR count). The maximum absolute atomic E-state index is 12.6. The van der Waals surface area contributed by atoms with Crippen molar-refractivity contribution >= 4 is 15.8 Å². The van der Waals surface area contributed by atoms with Gasteiger partial charge in [-0.1, -0.05) is 12.1 Å². The molecular formula is C18H23N3O5S. The van der Waals surface area contributed by atoms with E-state index in [-0.39, 0.29) is 16.7 Å². The minimum atomic E-state index is -3.58. The van der Waals surface area contributed by atoms with E-state index in [9.17, 15) is 18.6 Å². The van der Waals surface area contributed by atoms with Gasteiger partial charge in [-0.05, 0) is 36.8 Å². The number of hydrogen-bond donors (Lipinski definition) is 3. The van der Waals surface area contributed by atoms with Crippen LogP contribution in [0.5, 0.6) is 5.75 Å². The minimum absolute atomic E-state index is 0.127. The number of rotatable bonds is 6. The highest BCUT2D eigenvalue weighted by Gasteiger charge is 2.26. The van der Waals surface area contributed by atoms with Gasteiger partial charge in [-0.2, -0.15) is 4.31 Å². The van der Waals surface area contributed by atoms with Crippen molar-refractivity contribution in [1.82, 2.24) is 9.29 Å². The Morgan fingerprint density at radius 2 is 1.81 bits per heavy atom. The summed E-state index contributed by atoms with van der Waals surface area (Å²) >= 11 is 0. The predicted octanol–water partition coefficient (Wildman–Crippen LogP) is 1.34. The molecule has 2 aromatic rings. The van der Waals surface area contributed by atoms with Gasteiger partial charge in [0.1, 0.15) is 16.5 Å². The first kappa shape index (κ1) is 19.6. The first-order valence-corrected chi connectivity index (χ1v) is 10.1. The lowest BCUT2D eigenvalue weighted by Crippen LogP contribution is -2.40. The number of phenols is 1. The van der Waals surface area contributed by atoms with Crippen molar-refractivity contribution in [3.8, 4) is 5.75 Å². The van der Waals surface area contributed by atoms with E-state index in [2.05, 4.69) is 10.3 Å². The molecule has 0 amide bonds. The van der Waals surface area contributed by atoms with E-state index in [1.165, 1.54) is 28.7 Å². The molecule has 0 saturated carbocycles. The number of nitrogens with one attached hydrogen (secondary N) is 1. The zero-order valence-corrected chi connectivity index (χ0v) is 15.8. The summed E-state index contributed by atoms with van der Waals surface area (Å²) in [6, 6.07) is 9.01. The lowest BCUT2D eigenvalue weighted by atomic mass is 10.0. The van der Waals surface area contributed by atoms with E-state index in [1.807, 2.05) is 0 Å². The molecule has 3 N–H and O–H groups in total. The molecule has 146 valence electrons. The van der Waals surface area contributed by atoms with E-state index in [1.54, 1.807) is 25.1 Å². The number of aromatic nitrogens is 1. The molecule has 1 fully saturated rings. The molecule has 9 heteroatoms. The molecule has 1 aromatic heterocycles. The van der Waals surface area contributed by atoms with Crippen LogP contribution in [-0.2, 0) is 14.8 Å². The Labute approximate surface area is 158 Å². The van der Waals surface area contributed by atoms with Crippen molar-refractivity contribution in [3.63, 3.8) is 0 Å². The number of ether oxygens (including phenoxy) is 1. The first-order chi connectivity index (χ1) is 12.9. The molecule has 1 saturated heterocycles. The van der Waals surface area contributed by atoms with Crippen LogP contribution in [0.4, 0.5) is 5.82 Å². The molecule has 1 aliphatic rings. The van der Waals surface area contributed by atoms with Gasteiger partial charge < -0.3 is 20.3 Å². The fourth-order valence-corrected chi connectivity index (χ4v) is 4.18. The summed E-state index contributed by atoms with van der Waals surface area (Å²) in [5, 5.41) is 22.8. The van der Waals surface area contributed by atoms with Crippen molar-refractivity contribution < 1.29 is 23.4 Å². The van der Waals surface area contributed by atoms with Gasteiger partial charge in [0.05, 0.1) is 25.4 Å². The van der Waals surface area contributed by atoms with Gasteiger partial charge in [0, 0.05) is 19.3 Å². The van der Waals surface area contributed by atoms with Crippen LogP contribution in [0.25, 0.3) is 0 Å². The van der Waals surface area contributed by atoms with E-state index in [0.717, 1.165) is 0 Å². The average molecular weight is 393 g/mol. The van der Waals surface area contributed by atoms with Crippen LogP contribution in [0.3, 0.4) is 0 Å². The number of morpholine rings is 1. The topological polar surface area (TPSA) is 112 Å². The zero-order chi connectivity index (χ0) is 19.4. The number of sulfonamides is 1. The zero-order valence-electron chi connectivity index (χ0n) is 14.9. The Hall–Kier alpha value is -2.20. The molecule has 2 atom stereocenters. The normalized spacial score (nSPS) is 18.0. The third kappa shape index (κ3) is 4.56. The van der Waals surface area contributed by atoms with Crippen LogP contribution in [0.1, 0.15) is 18.6 Å². The molecule has 1 aromatic carbocycles. The number of phenolic OH excluding ortho intramolecular Hbond substituents is 1. The second kappa shape index (κ2) is 8.22. The van der Waals surface area contributed by atoms with Crippen LogP contribution >= 0.6 is 0 Å². The van der Waals surface area contributed by atoms with Crippen LogP contribution in [0, 0.1) is 0 Å². The molecule has 8 nitrogen and oxygen atoms in total. The third-order valence-electron chi connectivity index (χ3n) is 4.43. The standard InChI is InChI=1S/C18H23N3O5S/c1-13(18(23)14-2-4-15(22)5-3-14)20-17-7-6-16(12-19-17)27(24,25)21-8-10-26-11-9-21/h2-7,12-13,18,22-23H,8-11H2,1H3,(H,19,20)/t13-,18-/m1/s1. The van der Waals surface area contributed by atoms with Crippen LogP contribution in [-0.4, -0.2) is 60.3 Å². The number of aromatic hydroxyl groups is 1. The number of hydrogen-bond acceptors (Lipinski definition) is 7. The molecule has 0 radical (unpaired) electrons. The summed E-state index contributed by atoms with van der Waals surface area (Å²) < 4.78 is 31.8. The van der Waals surface area contributed by atoms with E-state index in [0.29, 0.717) is 37.7 Å². The maximum Gasteiger partial charge on any atom is 0.244 e. The van der Waals surface area contributed by atoms with Gasteiger partial charge in [0.25, 0.3) is 0 Å². The lowest BCUT2D eigenvalue weighted by Gasteiger charge is -2.26. The van der Waals surface area contributed by atoms with Gasteiger partial charge in [-0.25, -0.2) is 13.4 Å². The Balaban J connectivity index is 1.67. The summed E-state index contributed by atoms with van der Waals surface area (Å²) in [5.41, 5.74) is 0.652. The number of nitrogens with zero attached hydrogens (tertiary/aromatic N) is 2. The highest BCUT2D eigenvalue weighted by Crippen LogP contribution is 2.23. The Morgan fingerprint density at radius 3 is 2.41 bits per heavy atom. The summed E-state index contributed by atoms with van der Waals surface area (Å²) in [4.78, 5) is 4.30. The van der Waals surface area contributed by atoms with Gasteiger partial charge in [0.2, 0.25) is 10.0 Å². The first-order valence-electron chi connectivity index (χ1n) is 8.65. The second-order valence-corrected chi connectivity index (χ2v) is 8.30. The van der Waals surface area contributed by atoms with Crippen molar-refractivity contribution in [3.05, 3.63) is 48.2 Å². The van der Waals surface area contributed by atoms with Gasteiger partial charge >= 0.3 is 0 Å². The molecule has 2 heterocycles. The number of anilines is 1. The van der Waals surface area contributed by atoms with E-state index in [4.69, 9.17) is 4.74 Å². The van der Waals surface area contributed by atoms with Crippen LogP contribution in [0.15, 0.2) is 47.5 Å². The van der Waals surface area contributed by atoms with Gasteiger partial charge in [0.15, 0.2) is 0 Å². The fourth-order valence-electron chi connectivity index (χ4n) is 2.83. The molecule has 27 heavy (non-hydrogen) atoms. The largest absolute Gasteiger partial charge is 0.508 e. The number of pyridine rings is 1.